The molecule has 5 nitrogen and oxygen atoms in total. The molecular formula is C29H28ClN5. The molecule has 0 amide bonds. The molecule has 0 aliphatic heterocycles. The van der Waals surface area contributed by atoms with Crippen LogP contribution < -0.4 is 0 Å². The van der Waals surface area contributed by atoms with Crippen LogP contribution in [-0.2, 0) is 26.1 Å². The molecule has 6 heteroatoms. The summed E-state index contributed by atoms with van der Waals surface area (Å²) < 4.78 is 2.10. The fourth-order valence-corrected chi connectivity index (χ4v) is 4.46. The molecule has 5 rings (SSSR count). The Labute approximate surface area is 211 Å². The van der Waals surface area contributed by atoms with Crippen molar-refractivity contribution in [3.8, 4) is 0 Å². The number of pyridine rings is 1. The Morgan fingerprint density at radius 2 is 1.71 bits per heavy atom. The smallest absolute Gasteiger partial charge is 0.147 e. The molecule has 0 atom stereocenters. The SMILES string of the molecule is Cc1ccc(CCN(Cc2ccc3ccccc3n2)Cc2nncn2Cc2cccc(Cl)c2)cc1. The lowest BCUT2D eigenvalue weighted by Gasteiger charge is -2.22. The summed E-state index contributed by atoms with van der Waals surface area (Å²) >= 11 is 6.19. The second kappa shape index (κ2) is 10.8. The number of rotatable bonds is 9. The van der Waals surface area contributed by atoms with Crippen molar-refractivity contribution in [3.05, 3.63) is 124 Å². The van der Waals surface area contributed by atoms with E-state index in [1.54, 1.807) is 6.33 Å². The molecule has 0 saturated heterocycles. The molecule has 0 spiro atoms. The van der Waals surface area contributed by atoms with Crippen molar-refractivity contribution in [1.82, 2.24) is 24.6 Å². The highest BCUT2D eigenvalue weighted by atomic mass is 35.5. The zero-order valence-corrected chi connectivity index (χ0v) is 20.6. The van der Waals surface area contributed by atoms with E-state index in [1.807, 2.05) is 30.3 Å². The van der Waals surface area contributed by atoms with Crippen LogP contribution in [0.2, 0.25) is 5.02 Å². The summed E-state index contributed by atoms with van der Waals surface area (Å²) in [6.45, 7) is 5.11. The van der Waals surface area contributed by atoms with Crippen LogP contribution in [0.4, 0.5) is 0 Å². The molecule has 2 aromatic heterocycles. The second-order valence-electron chi connectivity index (χ2n) is 8.95. The average Bonchev–Trinajstić information content (AvgIpc) is 3.29. The summed E-state index contributed by atoms with van der Waals surface area (Å²) in [7, 11) is 0. The Hall–Kier alpha value is -3.54. The summed E-state index contributed by atoms with van der Waals surface area (Å²) in [5, 5.41) is 10.5. The van der Waals surface area contributed by atoms with Gasteiger partial charge in [-0.15, -0.1) is 10.2 Å². The molecule has 0 fully saturated rings. The minimum absolute atomic E-state index is 0.681. The molecule has 3 aromatic carbocycles. The van der Waals surface area contributed by atoms with E-state index in [0.29, 0.717) is 13.1 Å². The zero-order chi connectivity index (χ0) is 24.0. The van der Waals surface area contributed by atoms with E-state index < -0.39 is 0 Å². The summed E-state index contributed by atoms with van der Waals surface area (Å²) in [5.41, 5.74) is 5.80. The standard InChI is InChI=1S/C29H28ClN5/c1-22-9-11-23(12-10-22)15-16-34(19-27-14-13-25-6-2-3-8-28(25)32-27)20-29-33-31-21-35(29)18-24-5-4-7-26(30)17-24/h2-14,17,21H,15-16,18-20H2,1H3. The number of hydrogen-bond acceptors (Lipinski definition) is 4. The third-order valence-electron chi connectivity index (χ3n) is 6.18. The van der Waals surface area contributed by atoms with Crippen LogP contribution in [-0.4, -0.2) is 31.2 Å². The van der Waals surface area contributed by atoms with Gasteiger partial charge in [-0.1, -0.05) is 77.8 Å². The summed E-state index contributed by atoms with van der Waals surface area (Å²) in [5.74, 6) is 0.926. The molecule has 0 aliphatic rings. The van der Waals surface area contributed by atoms with Gasteiger partial charge in [0.05, 0.1) is 24.3 Å². The fraction of sp³-hybridized carbons (Fsp3) is 0.207. The minimum Gasteiger partial charge on any atom is -0.312 e. The summed E-state index contributed by atoms with van der Waals surface area (Å²) in [6.07, 6.45) is 2.75. The van der Waals surface area contributed by atoms with Gasteiger partial charge >= 0.3 is 0 Å². The highest BCUT2D eigenvalue weighted by molar-refractivity contribution is 6.30. The largest absolute Gasteiger partial charge is 0.312 e. The third-order valence-corrected chi connectivity index (χ3v) is 6.42. The van der Waals surface area contributed by atoms with E-state index in [9.17, 15) is 0 Å². The van der Waals surface area contributed by atoms with E-state index in [-0.39, 0.29) is 0 Å². The predicted octanol–water partition coefficient (Wildman–Crippen LogP) is 6.08. The number of nitrogens with zero attached hydrogens (tertiary/aromatic N) is 5. The lowest BCUT2D eigenvalue weighted by molar-refractivity contribution is 0.247. The maximum atomic E-state index is 6.19. The number of hydrogen-bond donors (Lipinski definition) is 0. The number of aryl methyl sites for hydroxylation is 1. The quantitative estimate of drug-likeness (QED) is 0.256. The molecule has 35 heavy (non-hydrogen) atoms. The lowest BCUT2D eigenvalue weighted by Crippen LogP contribution is -2.27. The van der Waals surface area contributed by atoms with Crippen molar-refractivity contribution in [2.24, 2.45) is 0 Å². The van der Waals surface area contributed by atoms with Crippen molar-refractivity contribution in [2.45, 2.75) is 33.0 Å². The molecule has 176 valence electrons. The normalized spacial score (nSPS) is 11.4. The van der Waals surface area contributed by atoms with E-state index >= 15 is 0 Å². The molecule has 0 N–H and O–H groups in total. The minimum atomic E-state index is 0.681. The molecular weight excluding hydrogens is 454 g/mol. The summed E-state index contributed by atoms with van der Waals surface area (Å²) in [4.78, 5) is 7.31. The zero-order valence-electron chi connectivity index (χ0n) is 19.8. The Bertz CT molecular complexity index is 1410. The second-order valence-corrected chi connectivity index (χ2v) is 9.38. The van der Waals surface area contributed by atoms with E-state index in [2.05, 4.69) is 81.2 Å². The van der Waals surface area contributed by atoms with Crippen LogP contribution in [0.3, 0.4) is 0 Å². The van der Waals surface area contributed by atoms with Crippen LogP contribution in [0, 0.1) is 6.92 Å². The highest BCUT2D eigenvalue weighted by Crippen LogP contribution is 2.17. The van der Waals surface area contributed by atoms with E-state index in [4.69, 9.17) is 16.6 Å². The Balaban J connectivity index is 1.36. The van der Waals surface area contributed by atoms with Gasteiger partial charge in [-0.3, -0.25) is 9.88 Å². The predicted molar refractivity (Wildman–Crippen MR) is 141 cm³/mol. The number of para-hydroxylation sites is 1. The van der Waals surface area contributed by atoms with Crippen LogP contribution in [0.15, 0.2) is 91.3 Å². The van der Waals surface area contributed by atoms with E-state index in [1.165, 1.54) is 11.1 Å². The molecule has 0 saturated carbocycles. The van der Waals surface area contributed by atoms with Gasteiger partial charge in [-0.25, -0.2) is 0 Å². The number of halogens is 1. The molecule has 0 unspecified atom stereocenters. The molecule has 0 bridgehead atoms. The van der Waals surface area contributed by atoms with Crippen LogP contribution >= 0.6 is 11.6 Å². The van der Waals surface area contributed by atoms with Crippen molar-refractivity contribution in [3.63, 3.8) is 0 Å². The van der Waals surface area contributed by atoms with E-state index in [0.717, 1.165) is 52.5 Å². The van der Waals surface area contributed by atoms with Gasteiger partial charge in [0.2, 0.25) is 0 Å². The van der Waals surface area contributed by atoms with Gasteiger partial charge < -0.3 is 4.57 Å². The molecule has 2 heterocycles. The first-order valence-electron chi connectivity index (χ1n) is 11.9. The van der Waals surface area contributed by atoms with Crippen molar-refractivity contribution < 1.29 is 0 Å². The molecule has 5 aromatic rings. The number of fused-ring (bicyclic) bond motifs is 1. The topological polar surface area (TPSA) is 46.8 Å². The Kier molecular flexibility index (Phi) is 7.17. The van der Waals surface area contributed by atoms with Crippen LogP contribution in [0.25, 0.3) is 10.9 Å². The highest BCUT2D eigenvalue weighted by Gasteiger charge is 2.14. The third kappa shape index (κ3) is 6.13. The molecule has 0 radical (unpaired) electrons. The van der Waals surface area contributed by atoms with Crippen LogP contribution in [0.5, 0.6) is 0 Å². The van der Waals surface area contributed by atoms with Gasteiger partial charge in [0.25, 0.3) is 0 Å². The van der Waals surface area contributed by atoms with Gasteiger partial charge in [-0.05, 0) is 48.7 Å². The van der Waals surface area contributed by atoms with Gasteiger partial charge in [0.15, 0.2) is 0 Å². The van der Waals surface area contributed by atoms with Crippen molar-refractivity contribution in [1.29, 1.82) is 0 Å². The van der Waals surface area contributed by atoms with Crippen molar-refractivity contribution in [2.75, 3.05) is 6.54 Å². The van der Waals surface area contributed by atoms with Gasteiger partial charge in [0, 0.05) is 23.5 Å². The van der Waals surface area contributed by atoms with Crippen molar-refractivity contribution >= 4 is 22.5 Å². The molecule has 0 aliphatic carbocycles. The first-order valence-corrected chi connectivity index (χ1v) is 12.2. The lowest BCUT2D eigenvalue weighted by atomic mass is 10.1. The van der Waals surface area contributed by atoms with Gasteiger partial charge in [-0.2, -0.15) is 0 Å². The number of benzene rings is 3. The van der Waals surface area contributed by atoms with Gasteiger partial charge in [0.1, 0.15) is 12.2 Å². The number of aromatic nitrogens is 4. The Morgan fingerprint density at radius 1 is 0.857 bits per heavy atom. The average molecular weight is 482 g/mol. The maximum Gasteiger partial charge on any atom is 0.147 e. The first kappa shape index (κ1) is 23.2. The summed E-state index contributed by atoms with van der Waals surface area (Å²) in [6, 6.07) is 29.2. The van der Waals surface area contributed by atoms with Crippen LogP contribution in [0.1, 0.15) is 28.2 Å². The first-order chi connectivity index (χ1) is 17.1. The fourth-order valence-electron chi connectivity index (χ4n) is 4.25. The monoisotopic (exact) mass is 481 g/mol. The Morgan fingerprint density at radius 3 is 2.57 bits per heavy atom. The maximum absolute atomic E-state index is 6.19.